The molecule has 3 atom stereocenters. The first-order valence-corrected chi connectivity index (χ1v) is 14.3. The molecule has 0 spiro atoms. The number of aromatic nitrogens is 2. The molecular weight excluding hydrogens is 506 g/mol. The first-order valence-electron chi connectivity index (χ1n) is 14.3. The molecule has 2 fully saturated rings. The van der Waals surface area contributed by atoms with Crippen LogP contribution in [0.15, 0.2) is 67.0 Å². The number of imidazole rings is 1. The summed E-state index contributed by atoms with van der Waals surface area (Å²) in [6, 6.07) is 18.4. The molecule has 3 N–H and O–H groups in total. The highest BCUT2D eigenvalue weighted by atomic mass is 16.5. The number of nitrogens with one attached hydrogen (secondary N) is 2. The minimum atomic E-state index is -1.04. The lowest BCUT2D eigenvalue weighted by Crippen LogP contribution is -2.57. The summed E-state index contributed by atoms with van der Waals surface area (Å²) < 4.78 is 7.71. The van der Waals surface area contributed by atoms with E-state index < -0.39 is 5.60 Å². The number of carbonyl (C=O) groups excluding carboxylic acids is 2. The molecule has 1 aliphatic carbocycles. The van der Waals surface area contributed by atoms with Crippen molar-refractivity contribution in [2.45, 2.75) is 50.3 Å². The van der Waals surface area contributed by atoms with Crippen molar-refractivity contribution in [2.24, 2.45) is 0 Å². The zero-order valence-electron chi connectivity index (χ0n) is 23.1. The molecule has 3 aromatic rings. The Morgan fingerprint density at radius 2 is 1.88 bits per heavy atom. The summed E-state index contributed by atoms with van der Waals surface area (Å²) in [7, 11) is 0. The third-order valence-electron chi connectivity index (χ3n) is 8.04. The van der Waals surface area contributed by atoms with Crippen LogP contribution in [-0.2, 0) is 4.74 Å². The number of nitrogens with zero attached hydrogens (tertiary/aromatic N) is 3. The summed E-state index contributed by atoms with van der Waals surface area (Å²) >= 11 is 0. The number of benzene rings is 2. The number of hydrogen-bond donors (Lipinski definition) is 3. The van der Waals surface area contributed by atoms with E-state index in [4.69, 9.17) is 4.74 Å². The first-order chi connectivity index (χ1) is 19.5. The number of piperazine rings is 1. The molecule has 5 rings (SSSR count). The lowest BCUT2D eigenvalue weighted by atomic mass is 9.80. The molecule has 9 heteroatoms. The van der Waals surface area contributed by atoms with E-state index in [1.54, 1.807) is 18.5 Å². The topological polar surface area (TPSA) is 109 Å². The quantitative estimate of drug-likeness (QED) is 0.381. The van der Waals surface area contributed by atoms with Gasteiger partial charge < -0.3 is 29.9 Å². The maximum Gasteiger partial charge on any atom is 0.275 e. The number of carbonyl (C=O) groups is 2. The fourth-order valence-electron chi connectivity index (χ4n) is 5.93. The molecule has 212 valence electrons. The summed E-state index contributed by atoms with van der Waals surface area (Å²) in [5, 5.41) is 18.1. The van der Waals surface area contributed by atoms with Crippen molar-refractivity contribution in [1.29, 1.82) is 0 Å². The third kappa shape index (κ3) is 5.96. The van der Waals surface area contributed by atoms with Crippen molar-refractivity contribution < 1.29 is 19.4 Å². The van der Waals surface area contributed by atoms with Crippen LogP contribution in [0.2, 0.25) is 0 Å². The van der Waals surface area contributed by atoms with Crippen LogP contribution in [0.5, 0.6) is 0 Å². The van der Waals surface area contributed by atoms with Gasteiger partial charge in [0.15, 0.2) is 5.69 Å². The van der Waals surface area contributed by atoms with Crippen LogP contribution in [0.25, 0.3) is 11.3 Å². The lowest BCUT2D eigenvalue weighted by Gasteiger charge is -2.41. The number of ether oxygens (including phenoxy) is 1. The van der Waals surface area contributed by atoms with Crippen molar-refractivity contribution in [3.63, 3.8) is 0 Å². The Bertz CT molecular complexity index is 1280. The van der Waals surface area contributed by atoms with Crippen molar-refractivity contribution in [2.75, 3.05) is 39.4 Å². The van der Waals surface area contributed by atoms with Crippen LogP contribution in [0, 0.1) is 0 Å². The molecule has 2 unspecified atom stereocenters. The maximum atomic E-state index is 14.2. The number of hydrogen-bond acceptors (Lipinski definition) is 6. The van der Waals surface area contributed by atoms with E-state index >= 15 is 0 Å². The van der Waals surface area contributed by atoms with Crippen LogP contribution >= 0.6 is 0 Å². The van der Waals surface area contributed by atoms with Gasteiger partial charge >= 0.3 is 0 Å². The van der Waals surface area contributed by atoms with E-state index in [-0.39, 0.29) is 30.5 Å². The summed E-state index contributed by atoms with van der Waals surface area (Å²) in [5.74, 6) is -0.346. The van der Waals surface area contributed by atoms with Crippen LogP contribution in [0.3, 0.4) is 0 Å². The van der Waals surface area contributed by atoms with Crippen molar-refractivity contribution in [3.05, 3.63) is 78.2 Å². The average molecular weight is 546 g/mol. The van der Waals surface area contributed by atoms with E-state index in [1.807, 2.05) is 64.9 Å². The molecule has 0 bridgehead atoms. The number of amides is 2. The van der Waals surface area contributed by atoms with Gasteiger partial charge in [0, 0.05) is 43.9 Å². The maximum absolute atomic E-state index is 14.2. The van der Waals surface area contributed by atoms with Crippen molar-refractivity contribution >= 4 is 11.8 Å². The Labute approximate surface area is 235 Å². The Kier molecular flexibility index (Phi) is 8.94. The van der Waals surface area contributed by atoms with Gasteiger partial charge in [0.25, 0.3) is 11.8 Å². The zero-order valence-corrected chi connectivity index (χ0v) is 23.1. The molecule has 1 saturated carbocycles. The van der Waals surface area contributed by atoms with Gasteiger partial charge in [-0.2, -0.15) is 0 Å². The van der Waals surface area contributed by atoms with Gasteiger partial charge in [-0.25, -0.2) is 4.98 Å². The molecule has 9 nitrogen and oxygen atoms in total. The molecule has 2 aromatic carbocycles. The average Bonchev–Trinajstić information content (AvgIpc) is 3.44. The SMILES string of the molecule is CCOC[C@]1(O)CCCCC1n1cnc(C(=O)N2CCNCC2CNC(=O)c2ccccc2)c1-c1ccccc1. The van der Waals surface area contributed by atoms with Gasteiger partial charge in [0.05, 0.1) is 30.7 Å². The number of rotatable bonds is 9. The van der Waals surface area contributed by atoms with Gasteiger partial charge in [-0.15, -0.1) is 0 Å². The van der Waals surface area contributed by atoms with E-state index in [9.17, 15) is 14.7 Å². The molecule has 40 heavy (non-hydrogen) atoms. The second-order valence-corrected chi connectivity index (χ2v) is 10.6. The summed E-state index contributed by atoms with van der Waals surface area (Å²) in [5.41, 5.74) is 1.48. The van der Waals surface area contributed by atoms with Crippen LogP contribution in [0.1, 0.15) is 59.5 Å². The van der Waals surface area contributed by atoms with Crippen LogP contribution in [0.4, 0.5) is 0 Å². The fourth-order valence-corrected chi connectivity index (χ4v) is 5.93. The Morgan fingerprint density at radius 1 is 1.12 bits per heavy atom. The number of aliphatic hydroxyl groups is 1. The minimum absolute atomic E-state index is 0.168. The van der Waals surface area contributed by atoms with E-state index in [1.165, 1.54) is 0 Å². The van der Waals surface area contributed by atoms with Gasteiger partial charge in [0.1, 0.15) is 5.60 Å². The third-order valence-corrected chi connectivity index (χ3v) is 8.04. The normalized spacial score (nSPS) is 23.1. The Hall–Kier alpha value is -3.53. The smallest absolute Gasteiger partial charge is 0.275 e. The van der Waals surface area contributed by atoms with Crippen molar-refractivity contribution in [1.82, 2.24) is 25.1 Å². The molecule has 1 aliphatic heterocycles. The predicted octanol–water partition coefficient (Wildman–Crippen LogP) is 3.28. The molecular formula is C31H39N5O4. The fraction of sp³-hybridized carbons (Fsp3) is 0.452. The Morgan fingerprint density at radius 3 is 2.62 bits per heavy atom. The largest absolute Gasteiger partial charge is 0.385 e. The van der Waals surface area contributed by atoms with Crippen LogP contribution in [-0.4, -0.2) is 82.4 Å². The van der Waals surface area contributed by atoms with Gasteiger partial charge in [-0.05, 0) is 31.9 Å². The summed E-state index contributed by atoms with van der Waals surface area (Å²) in [6.45, 7) is 4.75. The molecule has 2 amide bonds. The monoisotopic (exact) mass is 545 g/mol. The standard InChI is InChI=1S/C31H39N5O4/c1-2-40-21-31(39)16-10-9-15-26(31)36-22-34-27(28(36)23-11-5-3-6-12-23)30(38)35-18-17-32-19-25(35)20-33-29(37)24-13-7-4-8-14-24/h3-8,11-14,22,25-26,32,39H,2,9-10,15-21H2,1H3,(H,33,37)/t25?,26?,31-/m1/s1. The van der Waals surface area contributed by atoms with Gasteiger partial charge in [-0.3, -0.25) is 9.59 Å². The molecule has 1 aromatic heterocycles. The lowest BCUT2D eigenvalue weighted by molar-refractivity contribution is -0.0972. The summed E-state index contributed by atoms with van der Waals surface area (Å²) in [4.78, 5) is 33.4. The summed E-state index contributed by atoms with van der Waals surface area (Å²) in [6.07, 6.45) is 5.02. The van der Waals surface area contributed by atoms with E-state index in [0.717, 1.165) is 24.8 Å². The Balaban J connectivity index is 1.44. The molecule has 0 radical (unpaired) electrons. The molecule has 2 heterocycles. The van der Waals surface area contributed by atoms with Crippen molar-refractivity contribution in [3.8, 4) is 11.3 Å². The second-order valence-electron chi connectivity index (χ2n) is 10.6. The molecule has 2 aliphatic rings. The van der Waals surface area contributed by atoms with E-state index in [0.29, 0.717) is 56.2 Å². The highest BCUT2D eigenvalue weighted by Gasteiger charge is 2.42. The van der Waals surface area contributed by atoms with E-state index in [2.05, 4.69) is 15.6 Å². The van der Waals surface area contributed by atoms with Crippen LogP contribution < -0.4 is 10.6 Å². The zero-order chi connectivity index (χ0) is 28.0. The highest BCUT2D eigenvalue weighted by molar-refractivity contribution is 5.99. The second kappa shape index (κ2) is 12.8. The molecule has 1 saturated heterocycles. The van der Waals surface area contributed by atoms with Gasteiger partial charge in [0.2, 0.25) is 0 Å². The predicted molar refractivity (Wildman–Crippen MR) is 153 cm³/mol. The highest BCUT2D eigenvalue weighted by Crippen LogP contribution is 2.41. The van der Waals surface area contributed by atoms with Gasteiger partial charge in [-0.1, -0.05) is 61.4 Å². The first kappa shape index (κ1) is 28.0. The minimum Gasteiger partial charge on any atom is -0.385 e.